The van der Waals surface area contributed by atoms with Gasteiger partial charge in [-0.3, -0.25) is 0 Å². The molecule has 2 aromatic rings. The van der Waals surface area contributed by atoms with Crippen molar-refractivity contribution in [1.29, 1.82) is 0 Å². The summed E-state index contributed by atoms with van der Waals surface area (Å²) < 4.78 is 5.42. The van der Waals surface area contributed by atoms with Crippen molar-refractivity contribution >= 4 is 16.5 Å². The van der Waals surface area contributed by atoms with Gasteiger partial charge in [-0.15, -0.1) is 10.2 Å². The average molecular weight is 263 g/mol. The molecule has 0 saturated heterocycles. The molecule has 1 unspecified atom stereocenters. The second-order valence-electron chi connectivity index (χ2n) is 3.99. The number of rotatable bonds is 5. The Hall–Kier alpha value is -1.62. The number of nitrogens with one attached hydrogen (secondary N) is 1. The molecule has 1 atom stereocenters. The first-order chi connectivity index (χ1) is 8.69. The lowest BCUT2D eigenvalue weighted by Gasteiger charge is -2.13. The molecule has 96 valence electrons. The maximum atomic E-state index is 5.42. The number of aromatic nitrogens is 2. The standard InChI is InChI=1S/C13H17N3OS/c1-4-17-12-7-5-11(6-8-12)9(2)14-13-16-15-10(3)18-13/h5-9H,4H2,1-3H3,(H,14,16). The van der Waals surface area contributed by atoms with E-state index in [0.717, 1.165) is 15.9 Å². The first-order valence-electron chi connectivity index (χ1n) is 5.98. The van der Waals surface area contributed by atoms with Crippen LogP contribution in [0.1, 0.15) is 30.5 Å². The van der Waals surface area contributed by atoms with Gasteiger partial charge in [0, 0.05) is 0 Å². The lowest BCUT2D eigenvalue weighted by Crippen LogP contribution is -2.06. The molecule has 18 heavy (non-hydrogen) atoms. The molecular formula is C13H17N3OS. The van der Waals surface area contributed by atoms with Crippen LogP contribution >= 0.6 is 11.3 Å². The highest BCUT2D eigenvalue weighted by Gasteiger charge is 2.08. The fraction of sp³-hybridized carbons (Fsp3) is 0.385. The summed E-state index contributed by atoms with van der Waals surface area (Å²) in [4.78, 5) is 0. The monoisotopic (exact) mass is 263 g/mol. The molecule has 0 radical (unpaired) electrons. The van der Waals surface area contributed by atoms with E-state index in [9.17, 15) is 0 Å². The third kappa shape index (κ3) is 3.20. The molecule has 0 saturated carbocycles. The zero-order valence-electron chi connectivity index (χ0n) is 10.8. The van der Waals surface area contributed by atoms with Gasteiger partial charge in [0.25, 0.3) is 0 Å². The van der Waals surface area contributed by atoms with Crippen molar-refractivity contribution in [3.8, 4) is 5.75 Å². The number of ether oxygens (including phenoxy) is 1. The number of benzene rings is 1. The van der Waals surface area contributed by atoms with E-state index in [2.05, 4.69) is 34.6 Å². The summed E-state index contributed by atoms with van der Waals surface area (Å²) in [5.41, 5.74) is 1.20. The SMILES string of the molecule is CCOc1ccc(C(C)Nc2nnc(C)s2)cc1. The molecular weight excluding hydrogens is 246 g/mol. The van der Waals surface area contributed by atoms with E-state index < -0.39 is 0 Å². The fourth-order valence-electron chi connectivity index (χ4n) is 1.64. The molecule has 0 amide bonds. The van der Waals surface area contributed by atoms with Crippen molar-refractivity contribution in [2.24, 2.45) is 0 Å². The minimum Gasteiger partial charge on any atom is -0.494 e. The van der Waals surface area contributed by atoms with Crippen LogP contribution in [0.3, 0.4) is 0 Å². The van der Waals surface area contributed by atoms with Crippen molar-refractivity contribution in [3.05, 3.63) is 34.8 Å². The summed E-state index contributed by atoms with van der Waals surface area (Å²) in [6.45, 7) is 6.73. The fourth-order valence-corrected chi connectivity index (χ4v) is 2.32. The maximum Gasteiger partial charge on any atom is 0.206 e. The Morgan fingerprint density at radius 3 is 2.56 bits per heavy atom. The van der Waals surface area contributed by atoms with Gasteiger partial charge in [0.05, 0.1) is 12.6 Å². The van der Waals surface area contributed by atoms with Crippen molar-refractivity contribution in [3.63, 3.8) is 0 Å². The number of anilines is 1. The highest BCUT2D eigenvalue weighted by molar-refractivity contribution is 7.15. The largest absolute Gasteiger partial charge is 0.494 e. The Morgan fingerprint density at radius 2 is 2.00 bits per heavy atom. The zero-order chi connectivity index (χ0) is 13.0. The van der Waals surface area contributed by atoms with E-state index in [1.165, 1.54) is 5.56 Å². The lowest BCUT2D eigenvalue weighted by atomic mass is 10.1. The molecule has 0 aliphatic rings. The molecule has 1 aromatic heterocycles. The third-order valence-corrected chi connectivity index (χ3v) is 3.33. The normalized spacial score (nSPS) is 12.2. The van der Waals surface area contributed by atoms with Crippen LogP contribution in [0.2, 0.25) is 0 Å². The summed E-state index contributed by atoms with van der Waals surface area (Å²) >= 11 is 1.56. The summed E-state index contributed by atoms with van der Waals surface area (Å²) in [5, 5.41) is 13.2. The van der Waals surface area contributed by atoms with E-state index in [1.807, 2.05) is 26.0 Å². The van der Waals surface area contributed by atoms with Crippen LogP contribution in [0.25, 0.3) is 0 Å². The molecule has 5 heteroatoms. The van der Waals surface area contributed by atoms with Gasteiger partial charge in [0.1, 0.15) is 10.8 Å². The number of aryl methyl sites for hydroxylation is 1. The Kier molecular flexibility index (Phi) is 4.15. The molecule has 0 aliphatic carbocycles. The van der Waals surface area contributed by atoms with E-state index in [4.69, 9.17) is 4.74 Å². The van der Waals surface area contributed by atoms with E-state index in [-0.39, 0.29) is 6.04 Å². The highest BCUT2D eigenvalue weighted by atomic mass is 32.1. The van der Waals surface area contributed by atoms with Crippen LogP contribution in [0.4, 0.5) is 5.13 Å². The summed E-state index contributed by atoms with van der Waals surface area (Å²) in [7, 11) is 0. The average Bonchev–Trinajstić information content (AvgIpc) is 2.76. The maximum absolute atomic E-state index is 5.42. The first kappa shape index (κ1) is 12.8. The van der Waals surface area contributed by atoms with Crippen LogP contribution in [0.5, 0.6) is 5.75 Å². The zero-order valence-corrected chi connectivity index (χ0v) is 11.6. The van der Waals surface area contributed by atoms with Gasteiger partial charge >= 0.3 is 0 Å². The van der Waals surface area contributed by atoms with Gasteiger partial charge < -0.3 is 10.1 Å². The van der Waals surface area contributed by atoms with Crippen molar-refractivity contribution < 1.29 is 4.74 Å². The minimum absolute atomic E-state index is 0.202. The molecule has 0 fully saturated rings. The smallest absolute Gasteiger partial charge is 0.206 e. The second-order valence-corrected chi connectivity index (χ2v) is 5.18. The molecule has 0 spiro atoms. The van der Waals surface area contributed by atoms with Gasteiger partial charge in [-0.1, -0.05) is 23.5 Å². The van der Waals surface area contributed by atoms with Crippen molar-refractivity contribution in [2.45, 2.75) is 26.8 Å². The van der Waals surface area contributed by atoms with E-state index in [1.54, 1.807) is 11.3 Å². The van der Waals surface area contributed by atoms with Crippen LogP contribution in [-0.2, 0) is 0 Å². The number of hydrogen-bond donors (Lipinski definition) is 1. The number of nitrogens with zero attached hydrogens (tertiary/aromatic N) is 2. The second kappa shape index (κ2) is 5.82. The highest BCUT2D eigenvalue weighted by Crippen LogP contribution is 2.23. The van der Waals surface area contributed by atoms with Gasteiger partial charge in [0.15, 0.2) is 0 Å². The minimum atomic E-state index is 0.202. The van der Waals surface area contributed by atoms with Crippen LogP contribution in [-0.4, -0.2) is 16.8 Å². The topological polar surface area (TPSA) is 47.0 Å². The quantitative estimate of drug-likeness (QED) is 0.898. The van der Waals surface area contributed by atoms with E-state index in [0.29, 0.717) is 6.61 Å². The Morgan fingerprint density at radius 1 is 1.28 bits per heavy atom. The molecule has 1 N–H and O–H groups in total. The summed E-state index contributed by atoms with van der Waals surface area (Å²) in [5.74, 6) is 0.903. The Balaban J connectivity index is 2.02. The van der Waals surface area contributed by atoms with Gasteiger partial charge in [-0.25, -0.2) is 0 Å². The van der Waals surface area contributed by atoms with E-state index >= 15 is 0 Å². The predicted octanol–water partition coefficient (Wildman–Crippen LogP) is 3.42. The van der Waals surface area contributed by atoms with Crippen LogP contribution in [0, 0.1) is 6.92 Å². The third-order valence-electron chi connectivity index (χ3n) is 2.56. The molecule has 1 aromatic carbocycles. The Labute approximate surface area is 111 Å². The molecule has 0 bridgehead atoms. The van der Waals surface area contributed by atoms with Crippen LogP contribution in [0.15, 0.2) is 24.3 Å². The lowest BCUT2D eigenvalue weighted by molar-refractivity contribution is 0.340. The number of hydrogen-bond acceptors (Lipinski definition) is 5. The molecule has 2 rings (SSSR count). The van der Waals surface area contributed by atoms with Crippen molar-refractivity contribution in [2.75, 3.05) is 11.9 Å². The van der Waals surface area contributed by atoms with Gasteiger partial charge in [-0.05, 0) is 38.5 Å². The molecule has 0 aliphatic heterocycles. The van der Waals surface area contributed by atoms with Crippen molar-refractivity contribution in [1.82, 2.24) is 10.2 Å². The Bertz CT molecular complexity index is 495. The molecule has 4 nitrogen and oxygen atoms in total. The van der Waals surface area contributed by atoms with Gasteiger partial charge in [-0.2, -0.15) is 0 Å². The predicted molar refractivity (Wildman–Crippen MR) is 74.3 cm³/mol. The molecule has 1 heterocycles. The summed E-state index contributed by atoms with van der Waals surface area (Å²) in [6, 6.07) is 8.31. The first-order valence-corrected chi connectivity index (χ1v) is 6.80. The van der Waals surface area contributed by atoms with Crippen LogP contribution < -0.4 is 10.1 Å². The summed E-state index contributed by atoms with van der Waals surface area (Å²) in [6.07, 6.45) is 0. The van der Waals surface area contributed by atoms with Gasteiger partial charge in [0.2, 0.25) is 5.13 Å².